The van der Waals surface area contributed by atoms with E-state index in [4.69, 9.17) is 5.73 Å². The fourth-order valence-corrected chi connectivity index (χ4v) is 2.80. The molecule has 0 saturated heterocycles. The standard InChI is InChI=1S/C14H23FN4O2S/c1-14(2,3)18-13(16)17-9-10-19(4)22(20,21)12-7-5-11(15)6-8-12/h5-8H,9-10H2,1-4H3,(H3,16,17,18). The number of nitrogens with zero attached hydrogens (tertiary/aromatic N) is 2. The number of nitrogens with two attached hydrogens (primary N) is 1. The molecule has 0 amide bonds. The number of sulfonamides is 1. The Morgan fingerprint density at radius 2 is 1.86 bits per heavy atom. The van der Waals surface area contributed by atoms with E-state index in [2.05, 4.69) is 10.3 Å². The van der Waals surface area contributed by atoms with Gasteiger partial charge in [-0.3, -0.25) is 4.99 Å². The lowest BCUT2D eigenvalue weighted by Gasteiger charge is -2.21. The molecular weight excluding hydrogens is 307 g/mol. The second kappa shape index (κ2) is 7.06. The molecule has 22 heavy (non-hydrogen) atoms. The number of guanidine groups is 1. The van der Waals surface area contributed by atoms with Crippen LogP contribution in [0.25, 0.3) is 0 Å². The molecule has 0 aliphatic heterocycles. The largest absolute Gasteiger partial charge is 0.370 e. The summed E-state index contributed by atoms with van der Waals surface area (Å²) in [6, 6.07) is 4.70. The fraction of sp³-hybridized carbons (Fsp3) is 0.500. The van der Waals surface area contributed by atoms with Gasteiger partial charge >= 0.3 is 0 Å². The minimum atomic E-state index is -3.65. The van der Waals surface area contributed by atoms with Crippen LogP contribution in [-0.2, 0) is 10.0 Å². The van der Waals surface area contributed by atoms with Gasteiger partial charge in [0.05, 0.1) is 11.4 Å². The van der Waals surface area contributed by atoms with Gasteiger partial charge in [-0.2, -0.15) is 4.31 Å². The first kappa shape index (κ1) is 18.4. The van der Waals surface area contributed by atoms with Gasteiger partial charge in [-0.05, 0) is 45.0 Å². The Labute approximate surface area is 131 Å². The van der Waals surface area contributed by atoms with Crippen LogP contribution in [0.4, 0.5) is 4.39 Å². The number of likely N-dealkylation sites (N-methyl/N-ethyl adjacent to an activating group) is 1. The number of rotatable bonds is 5. The van der Waals surface area contributed by atoms with Crippen molar-refractivity contribution in [3.63, 3.8) is 0 Å². The fourth-order valence-electron chi connectivity index (χ4n) is 1.64. The predicted molar refractivity (Wildman–Crippen MR) is 85.6 cm³/mol. The lowest BCUT2D eigenvalue weighted by atomic mass is 10.1. The molecular formula is C14H23FN4O2S. The lowest BCUT2D eigenvalue weighted by molar-refractivity contribution is 0.474. The maximum atomic E-state index is 12.9. The van der Waals surface area contributed by atoms with Gasteiger partial charge in [0, 0.05) is 19.1 Å². The first-order chi connectivity index (χ1) is 10.0. The van der Waals surface area contributed by atoms with Gasteiger partial charge in [0.25, 0.3) is 0 Å². The third-order valence-electron chi connectivity index (χ3n) is 2.72. The van der Waals surface area contributed by atoms with Gasteiger partial charge in [0.1, 0.15) is 5.82 Å². The maximum Gasteiger partial charge on any atom is 0.242 e. The summed E-state index contributed by atoms with van der Waals surface area (Å²) < 4.78 is 38.5. The van der Waals surface area contributed by atoms with E-state index in [1.54, 1.807) is 0 Å². The number of halogens is 1. The minimum absolute atomic E-state index is 0.0427. The van der Waals surface area contributed by atoms with Crippen molar-refractivity contribution >= 4 is 16.0 Å². The second-order valence-electron chi connectivity index (χ2n) is 5.92. The zero-order chi connectivity index (χ0) is 17.0. The highest BCUT2D eigenvalue weighted by molar-refractivity contribution is 7.89. The molecule has 0 radical (unpaired) electrons. The van der Waals surface area contributed by atoms with Crippen molar-refractivity contribution in [2.45, 2.75) is 31.2 Å². The molecule has 1 aromatic carbocycles. The van der Waals surface area contributed by atoms with Gasteiger partial charge in [-0.1, -0.05) is 0 Å². The van der Waals surface area contributed by atoms with Crippen LogP contribution in [0.3, 0.4) is 0 Å². The van der Waals surface area contributed by atoms with Crippen molar-refractivity contribution in [3.8, 4) is 0 Å². The molecule has 1 rings (SSSR count). The van der Waals surface area contributed by atoms with Crippen LogP contribution in [0.1, 0.15) is 20.8 Å². The molecule has 6 nitrogen and oxygen atoms in total. The third-order valence-corrected chi connectivity index (χ3v) is 4.59. The Kier molecular flexibility index (Phi) is 5.90. The van der Waals surface area contributed by atoms with Gasteiger partial charge in [-0.15, -0.1) is 0 Å². The number of nitrogens with one attached hydrogen (secondary N) is 1. The number of hydrogen-bond acceptors (Lipinski definition) is 3. The van der Waals surface area contributed by atoms with Crippen LogP contribution in [0.2, 0.25) is 0 Å². The average molecular weight is 330 g/mol. The highest BCUT2D eigenvalue weighted by Gasteiger charge is 2.20. The van der Waals surface area contributed by atoms with Crippen LogP contribution in [0.15, 0.2) is 34.2 Å². The van der Waals surface area contributed by atoms with Crippen molar-refractivity contribution in [2.24, 2.45) is 10.7 Å². The Balaban J connectivity index is 2.67. The highest BCUT2D eigenvalue weighted by atomic mass is 32.2. The van der Waals surface area contributed by atoms with E-state index in [0.717, 1.165) is 16.4 Å². The van der Waals surface area contributed by atoms with E-state index in [-0.39, 0.29) is 29.5 Å². The Hall–Kier alpha value is -1.67. The molecule has 3 N–H and O–H groups in total. The first-order valence-electron chi connectivity index (χ1n) is 6.82. The zero-order valence-electron chi connectivity index (χ0n) is 13.3. The molecule has 1 aromatic rings. The Morgan fingerprint density at radius 3 is 2.36 bits per heavy atom. The van der Waals surface area contributed by atoms with E-state index < -0.39 is 15.8 Å². The monoisotopic (exact) mass is 330 g/mol. The number of hydrogen-bond donors (Lipinski definition) is 2. The summed E-state index contributed by atoms with van der Waals surface area (Å²) in [6.45, 7) is 6.24. The van der Waals surface area contributed by atoms with Crippen LogP contribution in [0.5, 0.6) is 0 Å². The van der Waals surface area contributed by atoms with Crippen LogP contribution in [-0.4, -0.2) is 44.4 Å². The minimum Gasteiger partial charge on any atom is -0.370 e. The van der Waals surface area contributed by atoms with Crippen molar-refractivity contribution in [3.05, 3.63) is 30.1 Å². The summed E-state index contributed by atoms with van der Waals surface area (Å²) in [5.41, 5.74) is 5.50. The lowest BCUT2D eigenvalue weighted by Crippen LogP contribution is -2.45. The van der Waals surface area contributed by atoms with Crippen molar-refractivity contribution in [1.82, 2.24) is 9.62 Å². The summed E-state index contributed by atoms with van der Waals surface area (Å²) in [5.74, 6) is -0.215. The molecule has 0 atom stereocenters. The van der Waals surface area contributed by atoms with E-state index in [1.807, 2.05) is 20.8 Å². The summed E-state index contributed by atoms with van der Waals surface area (Å²) in [7, 11) is -2.21. The van der Waals surface area contributed by atoms with Crippen molar-refractivity contribution < 1.29 is 12.8 Å². The quantitative estimate of drug-likeness (QED) is 0.626. The SMILES string of the molecule is CN(CCN=C(N)NC(C)(C)C)S(=O)(=O)c1ccc(F)cc1. The molecule has 124 valence electrons. The first-order valence-corrected chi connectivity index (χ1v) is 8.26. The van der Waals surface area contributed by atoms with Gasteiger partial charge in [0.15, 0.2) is 5.96 Å². The molecule has 0 spiro atoms. The van der Waals surface area contributed by atoms with E-state index >= 15 is 0 Å². The zero-order valence-corrected chi connectivity index (χ0v) is 14.1. The molecule has 0 fully saturated rings. The third kappa shape index (κ3) is 5.61. The highest BCUT2D eigenvalue weighted by Crippen LogP contribution is 2.14. The smallest absolute Gasteiger partial charge is 0.242 e. The Morgan fingerprint density at radius 1 is 1.32 bits per heavy atom. The Bertz CT molecular complexity index is 621. The summed E-state index contributed by atoms with van der Waals surface area (Å²) in [6.07, 6.45) is 0. The number of aliphatic imine (C=N–C) groups is 1. The molecule has 0 unspecified atom stereocenters. The molecule has 0 heterocycles. The molecule has 0 aromatic heterocycles. The van der Waals surface area contributed by atoms with Crippen molar-refractivity contribution in [1.29, 1.82) is 0 Å². The van der Waals surface area contributed by atoms with Crippen molar-refractivity contribution in [2.75, 3.05) is 20.1 Å². The van der Waals surface area contributed by atoms with Crippen LogP contribution < -0.4 is 11.1 Å². The molecule has 0 aliphatic carbocycles. The molecule has 8 heteroatoms. The van der Waals surface area contributed by atoms with Crippen LogP contribution >= 0.6 is 0 Å². The van der Waals surface area contributed by atoms with Gasteiger partial charge in [0.2, 0.25) is 10.0 Å². The van der Waals surface area contributed by atoms with Gasteiger partial charge in [-0.25, -0.2) is 12.8 Å². The normalized spacial score (nSPS) is 13.5. The molecule has 0 bridgehead atoms. The van der Waals surface area contributed by atoms with E-state index in [1.165, 1.54) is 19.2 Å². The second-order valence-corrected chi connectivity index (χ2v) is 7.97. The summed E-state index contributed by atoms with van der Waals surface area (Å²) in [5, 5.41) is 2.99. The van der Waals surface area contributed by atoms with E-state index in [0.29, 0.717) is 0 Å². The molecule has 0 aliphatic rings. The average Bonchev–Trinajstić information content (AvgIpc) is 2.36. The summed E-state index contributed by atoms with van der Waals surface area (Å²) in [4.78, 5) is 4.13. The predicted octanol–water partition coefficient (Wildman–Crippen LogP) is 1.15. The van der Waals surface area contributed by atoms with Gasteiger partial charge < -0.3 is 11.1 Å². The molecule has 0 saturated carbocycles. The number of benzene rings is 1. The van der Waals surface area contributed by atoms with E-state index in [9.17, 15) is 12.8 Å². The van der Waals surface area contributed by atoms with Crippen LogP contribution in [0, 0.1) is 5.82 Å². The maximum absolute atomic E-state index is 12.9. The summed E-state index contributed by atoms with van der Waals surface area (Å²) >= 11 is 0. The topological polar surface area (TPSA) is 87.8 Å².